The molecular weight excluding hydrogens is 592 g/mol. The number of carboxylic acid groups (broad SMARTS) is 1. The number of benzene rings is 1. The van der Waals surface area contributed by atoms with Crippen molar-refractivity contribution in [2.45, 2.75) is 82.7 Å². The highest BCUT2D eigenvalue weighted by Crippen LogP contribution is 2.25. The molecule has 1 aliphatic heterocycles. The number of aliphatic carboxylic acids is 1. The molecule has 2 rings (SSSR count). The summed E-state index contributed by atoms with van der Waals surface area (Å²) in [6.45, 7) is 4.13. The van der Waals surface area contributed by atoms with Gasteiger partial charge in [-0.05, 0) is 54.9 Å². The van der Waals surface area contributed by atoms with Crippen LogP contribution in [0.1, 0.15) is 50.7 Å². The van der Waals surface area contributed by atoms with Crippen LogP contribution in [0.4, 0.5) is 0 Å². The van der Waals surface area contributed by atoms with Crippen molar-refractivity contribution < 1.29 is 29.1 Å². The van der Waals surface area contributed by atoms with E-state index in [4.69, 9.17) is 11.5 Å². The SMILES string of the molecule is CSCC[C@H](NC(=O)[C@H]1Cc2ccccc2CN1C(=O)[C@@H](NC(=O)[C@H](CS)NC(=O)[C@@H](N)CCCCN)C(C)C)C(=O)O. The zero-order chi connectivity index (χ0) is 32.1. The van der Waals surface area contributed by atoms with E-state index in [1.807, 2.05) is 30.5 Å². The van der Waals surface area contributed by atoms with Crippen LogP contribution in [0, 0.1) is 5.92 Å². The highest BCUT2D eigenvalue weighted by atomic mass is 32.2. The van der Waals surface area contributed by atoms with Gasteiger partial charge in [0.15, 0.2) is 0 Å². The first-order valence-corrected chi connectivity index (χ1v) is 16.5. The van der Waals surface area contributed by atoms with Crippen molar-refractivity contribution in [3.05, 3.63) is 35.4 Å². The Morgan fingerprint density at radius 3 is 2.28 bits per heavy atom. The molecule has 0 saturated carbocycles. The van der Waals surface area contributed by atoms with Crippen molar-refractivity contribution in [1.82, 2.24) is 20.9 Å². The molecule has 5 atom stereocenters. The number of amides is 4. The third kappa shape index (κ3) is 10.7. The van der Waals surface area contributed by atoms with E-state index in [1.165, 1.54) is 16.7 Å². The van der Waals surface area contributed by atoms with Gasteiger partial charge in [-0.3, -0.25) is 19.2 Å². The van der Waals surface area contributed by atoms with Crippen LogP contribution in [0.25, 0.3) is 0 Å². The Morgan fingerprint density at radius 1 is 1.02 bits per heavy atom. The number of carboxylic acids is 1. The topological polar surface area (TPSA) is 197 Å². The second-order valence-electron chi connectivity index (χ2n) is 11.0. The number of thiol groups is 1. The van der Waals surface area contributed by atoms with E-state index < -0.39 is 59.8 Å². The van der Waals surface area contributed by atoms with E-state index in [9.17, 15) is 29.1 Å². The molecular formula is C29H46N6O6S2. The Hall–Kier alpha value is -2.81. The fraction of sp³-hybridized carbons (Fsp3) is 0.621. The van der Waals surface area contributed by atoms with Crippen molar-refractivity contribution in [2.24, 2.45) is 17.4 Å². The molecule has 14 heteroatoms. The van der Waals surface area contributed by atoms with Gasteiger partial charge in [-0.2, -0.15) is 24.4 Å². The maximum absolute atomic E-state index is 14.1. The van der Waals surface area contributed by atoms with Crippen molar-refractivity contribution in [3.63, 3.8) is 0 Å². The molecule has 0 saturated heterocycles. The Labute approximate surface area is 263 Å². The molecule has 0 aromatic heterocycles. The lowest BCUT2D eigenvalue weighted by atomic mass is 9.91. The van der Waals surface area contributed by atoms with E-state index in [2.05, 4.69) is 28.6 Å². The van der Waals surface area contributed by atoms with Gasteiger partial charge >= 0.3 is 5.97 Å². The highest BCUT2D eigenvalue weighted by molar-refractivity contribution is 7.98. The number of nitrogens with zero attached hydrogens (tertiary/aromatic N) is 1. The first-order valence-electron chi connectivity index (χ1n) is 14.5. The fourth-order valence-corrected chi connectivity index (χ4v) is 5.54. The third-order valence-electron chi connectivity index (χ3n) is 7.41. The van der Waals surface area contributed by atoms with Crippen molar-refractivity contribution in [3.8, 4) is 0 Å². The molecule has 8 N–H and O–H groups in total. The largest absolute Gasteiger partial charge is 0.480 e. The van der Waals surface area contributed by atoms with Crippen LogP contribution in [0.3, 0.4) is 0 Å². The molecule has 0 spiro atoms. The summed E-state index contributed by atoms with van der Waals surface area (Å²) >= 11 is 5.70. The predicted octanol–water partition coefficient (Wildman–Crippen LogP) is 0.274. The van der Waals surface area contributed by atoms with Crippen LogP contribution < -0.4 is 27.4 Å². The van der Waals surface area contributed by atoms with Gasteiger partial charge in [0.25, 0.3) is 0 Å². The smallest absolute Gasteiger partial charge is 0.326 e. The van der Waals surface area contributed by atoms with Gasteiger partial charge in [-0.15, -0.1) is 0 Å². The predicted molar refractivity (Wildman–Crippen MR) is 170 cm³/mol. The van der Waals surface area contributed by atoms with Gasteiger partial charge in [-0.1, -0.05) is 44.5 Å². The van der Waals surface area contributed by atoms with Crippen LogP contribution in [0.15, 0.2) is 24.3 Å². The summed E-state index contributed by atoms with van der Waals surface area (Å²) in [6, 6.07) is 2.46. The summed E-state index contributed by atoms with van der Waals surface area (Å²) in [5.41, 5.74) is 13.2. The van der Waals surface area contributed by atoms with E-state index >= 15 is 0 Å². The zero-order valence-corrected chi connectivity index (χ0v) is 26.8. The summed E-state index contributed by atoms with van der Waals surface area (Å²) in [5.74, 6) is -3.19. The van der Waals surface area contributed by atoms with E-state index in [0.717, 1.165) is 17.5 Å². The normalized spacial score (nSPS) is 17.3. The maximum atomic E-state index is 14.1. The summed E-state index contributed by atoms with van der Waals surface area (Å²) in [6.07, 6.45) is 4.09. The maximum Gasteiger partial charge on any atom is 0.326 e. The van der Waals surface area contributed by atoms with E-state index in [0.29, 0.717) is 25.1 Å². The molecule has 12 nitrogen and oxygen atoms in total. The molecule has 1 aromatic carbocycles. The Bertz CT molecular complexity index is 1120. The van der Waals surface area contributed by atoms with Crippen LogP contribution >= 0.6 is 24.4 Å². The lowest BCUT2D eigenvalue weighted by molar-refractivity contribution is -0.147. The molecule has 0 aliphatic carbocycles. The van der Waals surface area contributed by atoms with Gasteiger partial charge in [0.05, 0.1) is 6.04 Å². The molecule has 1 heterocycles. The number of nitrogens with two attached hydrogens (primary N) is 2. The van der Waals surface area contributed by atoms with Gasteiger partial charge < -0.3 is 37.4 Å². The minimum Gasteiger partial charge on any atom is -0.480 e. The first kappa shape index (κ1) is 36.4. The summed E-state index contributed by atoms with van der Waals surface area (Å²) in [4.78, 5) is 66.7. The molecule has 43 heavy (non-hydrogen) atoms. The summed E-state index contributed by atoms with van der Waals surface area (Å²) in [5, 5.41) is 17.6. The van der Waals surface area contributed by atoms with Crippen molar-refractivity contribution >= 4 is 54.0 Å². The van der Waals surface area contributed by atoms with Crippen molar-refractivity contribution in [1.29, 1.82) is 0 Å². The van der Waals surface area contributed by atoms with Gasteiger partial charge in [-0.25, -0.2) is 4.79 Å². The lowest BCUT2D eigenvalue weighted by Crippen LogP contribution is -2.62. The second-order valence-corrected chi connectivity index (χ2v) is 12.4. The zero-order valence-electron chi connectivity index (χ0n) is 25.1. The van der Waals surface area contributed by atoms with Gasteiger partial charge in [0, 0.05) is 18.7 Å². The molecule has 0 fully saturated rings. The van der Waals surface area contributed by atoms with Crippen LogP contribution in [0.5, 0.6) is 0 Å². The van der Waals surface area contributed by atoms with Crippen molar-refractivity contribution in [2.75, 3.05) is 24.3 Å². The highest BCUT2D eigenvalue weighted by Gasteiger charge is 2.40. The standard InChI is InChI=1S/C29H46N6O6S2/c1-17(2)24(34-26(37)22(16-42)33-25(36)20(31)10-6-7-12-30)28(39)35-15-19-9-5-4-8-18(19)14-23(35)27(38)32-21(29(40)41)11-13-43-3/h4-5,8-9,17,20-24,42H,6-7,10-16,30-31H2,1-3H3,(H,32,38)(H,33,36)(H,34,37)(H,40,41)/t20-,21-,22-,23+,24-/m0/s1. The van der Waals surface area contributed by atoms with Crippen LogP contribution in [0.2, 0.25) is 0 Å². The number of rotatable bonds is 17. The monoisotopic (exact) mass is 638 g/mol. The number of hydrogen-bond donors (Lipinski definition) is 7. The minimum absolute atomic E-state index is 0.0269. The minimum atomic E-state index is -1.15. The molecule has 4 amide bonds. The number of unbranched alkanes of at least 4 members (excludes halogenated alkanes) is 1. The number of carbonyl (C=O) groups excluding carboxylic acids is 4. The second kappa shape index (κ2) is 18.1. The lowest BCUT2D eigenvalue weighted by Gasteiger charge is -2.39. The number of hydrogen-bond acceptors (Lipinski definition) is 9. The molecule has 0 radical (unpaired) electrons. The molecule has 240 valence electrons. The number of carbonyl (C=O) groups is 5. The van der Waals surface area contributed by atoms with Crippen LogP contribution in [-0.2, 0) is 36.9 Å². The Morgan fingerprint density at radius 2 is 1.70 bits per heavy atom. The summed E-state index contributed by atoms with van der Waals surface area (Å²) < 4.78 is 0. The van der Waals surface area contributed by atoms with Gasteiger partial charge in [0.1, 0.15) is 24.2 Å². The molecule has 1 aliphatic rings. The van der Waals surface area contributed by atoms with Gasteiger partial charge in [0.2, 0.25) is 23.6 Å². The first-order chi connectivity index (χ1) is 20.4. The number of nitrogens with one attached hydrogen (secondary N) is 3. The third-order valence-corrected chi connectivity index (χ3v) is 8.42. The fourth-order valence-electron chi connectivity index (χ4n) is 4.81. The number of fused-ring (bicyclic) bond motifs is 1. The Kier molecular flexibility index (Phi) is 15.3. The average Bonchev–Trinajstić information content (AvgIpc) is 2.98. The molecule has 1 aromatic rings. The number of thioether (sulfide) groups is 1. The quantitative estimate of drug-likeness (QED) is 0.0926. The molecule has 0 unspecified atom stereocenters. The van der Waals surface area contributed by atoms with E-state index in [1.54, 1.807) is 13.8 Å². The average molecular weight is 639 g/mol. The summed E-state index contributed by atoms with van der Waals surface area (Å²) in [7, 11) is 0. The van der Waals surface area contributed by atoms with Crippen LogP contribution in [-0.4, -0.2) is 94.1 Å². The molecule has 0 bridgehead atoms. The van der Waals surface area contributed by atoms with E-state index in [-0.39, 0.29) is 31.1 Å². The Balaban J connectivity index is 2.26.